The smallest absolute Gasteiger partial charge is 0.136 e. The Labute approximate surface area is 91.7 Å². The minimum Gasteiger partial charge on any atom is -0.488 e. The lowest BCUT2D eigenvalue weighted by Gasteiger charge is -2.05. The highest BCUT2D eigenvalue weighted by molar-refractivity contribution is 9.10. The highest BCUT2D eigenvalue weighted by Gasteiger charge is 2.01. The number of allylic oxidation sites excluding steroid dienone is 1. The summed E-state index contributed by atoms with van der Waals surface area (Å²) in [6.07, 6.45) is 1.94. The van der Waals surface area contributed by atoms with Gasteiger partial charge in [0.05, 0.1) is 4.47 Å². The topological polar surface area (TPSA) is 9.23 Å². The Balaban J connectivity index is 2.67. The Morgan fingerprint density at radius 3 is 2.86 bits per heavy atom. The van der Waals surface area contributed by atoms with E-state index in [4.69, 9.17) is 4.74 Å². The van der Waals surface area contributed by atoms with E-state index < -0.39 is 0 Å². The van der Waals surface area contributed by atoms with Crippen LogP contribution in [0.2, 0.25) is 0 Å². The van der Waals surface area contributed by atoms with Crippen molar-refractivity contribution in [3.8, 4) is 5.75 Å². The van der Waals surface area contributed by atoms with Crippen LogP contribution in [0, 0.1) is 5.82 Å². The largest absolute Gasteiger partial charge is 0.488 e. The summed E-state index contributed by atoms with van der Waals surface area (Å²) in [6, 6.07) is 4.38. The molecule has 0 saturated carbocycles. The third-order valence-corrected chi connectivity index (χ3v) is 2.28. The fraction of sp³-hybridized carbons (Fsp3) is 0.273. The predicted octanol–water partition coefficient (Wildman–Crippen LogP) is 3.93. The summed E-state index contributed by atoms with van der Waals surface area (Å²) in [5.41, 5.74) is 1.18. The minimum atomic E-state index is -0.291. The quantitative estimate of drug-likeness (QED) is 0.747. The molecule has 0 N–H and O–H groups in total. The van der Waals surface area contributed by atoms with Crippen LogP contribution in [0.25, 0.3) is 0 Å². The predicted molar refractivity (Wildman–Crippen MR) is 59.0 cm³/mol. The van der Waals surface area contributed by atoms with Crippen molar-refractivity contribution in [3.05, 3.63) is 40.1 Å². The normalized spacial score (nSPS) is 9.71. The SMILES string of the molecule is CC(C)=CCOc1cc(F)ccc1Br. The van der Waals surface area contributed by atoms with Crippen LogP contribution in [0.5, 0.6) is 5.75 Å². The Morgan fingerprint density at radius 1 is 1.50 bits per heavy atom. The summed E-state index contributed by atoms with van der Waals surface area (Å²) in [7, 11) is 0. The molecular formula is C11H12BrFO. The summed E-state index contributed by atoms with van der Waals surface area (Å²) in [6.45, 7) is 4.44. The summed E-state index contributed by atoms with van der Waals surface area (Å²) in [5.74, 6) is 0.239. The van der Waals surface area contributed by atoms with Crippen molar-refractivity contribution in [2.75, 3.05) is 6.61 Å². The second kappa shape index (κ2) is 5.15. The van der Waals surface area contributed by atoms with Crippen molar-refractivity contribution in [1.29, 1.82) is 0 Å². The van der Waals surface area contributed by atoms with Crippen molar-refractivity contribution >= 4 is 15.9 Å². The van der Waals surface area contributed by atoms with E-state index in [1.54, 1.807) is 6.07 Å². The zero-order valence-corrected chi connectivity index (χ0v) is 9.77. The fourth-order valence-electron chi connectivity index (χ4n) is 0.886. The van der Waals surface area contributed by atoms with Crippen LogP contribution >= 0.6 is 15.9 Å². The number of halogens is 2. The minimum absolute atomic E-state index is 0.291. The number of hydrogen-bond acceptors (Lipinski definition) is 1. The molecule has 3 heteroatoms. The molecule has 0 aliphatic carbocycles. The molecule has 0 heterocycles. The maximum Gasteiger partial charge on any atom is 0.136 e. The average molecular weight is 259 g/mol. The highest BCUT2D eigenvalue weighted by atomic mass is 79.9. The van der Waals surface area contributed by atoms with E-state index in [0.29, 0.717) is 12.4 Å². The molecule has 76 valence electrons. The number of benzene rings is 1. The number of rotatable bonds is 3. The molecule has 0 aliphatic rings. The lowest BCUT2D eigenvalue weighted by atomic mass is 10.3. The van der Waals surface area contributed by atoms with Crippen LogP contribution in [-0.2, 0) is 0 Å². The van der Waals surface area contributed by atoms with E-state index in [1.165, 1.54) is 17.7 Å². The first-order valence-electron chi connectivity index (χ1n) is 4.31. The molecule has 0 fully saturated rings. The standard InChI is InChI=1S/C11H12BrFO/c1-8(2)5-6-14-11-7-9(13)3-4-10(11)12/h3-5,7H,6H2,1-2H3. The van der Waals surface area contributed by atoms with E-state index in [2.05, 4.69) is 15.9 Å². The highest BCUT2D eigenvalue weighted by Crippen LogP contribution is 2.25. The van der Waals surface area contributed by atoms with Crippen molar-refractivity contribution < 1.29 is 9.13 Å². The average Bonchev–Trinajstić information content (AvgIpc) is 2.10. The van der Waals surface area contributed by atoms with Gasteiger partial charge >= 0.3 is 0 Å². The summed E-state index contributed by atoms with van der Waals surface area (Å²) < 4.78 is 18.9. The molecule has 0 amide bonds. The van der Waals surface area contributed by atoms with E-state index in [0.717, 1.165) is 4.47 Å². The van der Waals surface area contributed by atoms with Crippen LogP contribution < -0.4 is 4.74 Å². The molecule has 14 heavy (non-hydrogen) atoms. The Hall–Kier alpha value is -0.830. The molecule has 1 rings (SSSR count). The maximum atomic E-state index is 12.8. The van der Waals surface area contributed by atoms with Crippen LogP contribution in [0.15, 0.2) is 34.3 Å². The van der Waals surface area contributed by atoms with Gasteiger partial charge in [0.15, 0.2) is 0 Å². The number of hydrogen-bond donors (Lipinski definition) is 0. The monoisotopic (exact) mass is 258 g/mol. The Kier molecular flexibility index (Phi) is 4.14. The van der Waals surface area contributed by atoms with Crippen LogP contribution in [-0.4, -0.2) is 6.61 Å². The third kappa shape index (κ3) is 3.50. The summed E-state index contributed by atoms with van der Waals surface area (Å²) in [4.78, 5) is 0. The first kappa shape index (κ1) is 11.2. The first-order valence-corrected chi connectivity index (χ1v) is 5.10. The van der Waals surface area contributed by atoms with Crippen LogP contribution in [0.1, 0.15) is 13.8 Å². The zero-order chi connectivity index (χ0) is 10.6. The maximum absolute atomic E-state index is 12.8. The molecular weight excluding hydrogens is 247 g/mol. The Bertz CT molecular complexity index is 343. The molecule has 0 spiro atoms. The lowest BCUT2D eigenvalue weighted by Crippen LogP contribution is -1.95. The second-order valence-electron chi connectivity index (χ2n) is 3.17. The third-order valence-electron chi connectivity index (χ3n) is 1.62. The van der Waals surface area contributed by atoms with Gasteiger partial charge in [0.25, 0.3) is 0 Å². The lowest BCUT2D eigenvalue weighted by molar-refractivity contribution is 0.357. The molecule has 1 nitrogen and oxygen atoms in total. The van der Waals surface area contributed by atoms with Gasteiger partial charge in [0, 0.05) is 6.07 Å². The van der Waals surface area contributed by atoms with E-state index in [1.807, 2.05) is 19.9 Å². The molecule has 0 unspecified atom stereocenters. The molecule has 0 aromatic heterocycles. The zero-order valence-electron chi connectivity index (χ0n) is 8.18. The van der Waals surface area contributed by atoms with Crippen molar-refractivity contribution in [2.45, 2.75) is 13.8 Å². The van der Waals surface area contributed by atoms with Gasteiger partial charge in [0.2, 0.25) is 0 Å². The molecule has 1 aromatic carbocycles. The van der Waals surface area contributed by atoms with Gasteiger partial charge in [-0.05, 0) is 48.0 Å². The first-order chi connectivity index (χ1) is 6.59. The molecule has 0 radical (unpaired) electrons. The summed E-state index contributed by atoms with van der Waals surface area (Å²) in [5, 5.41) is 0. The summed E-state index contributed by atoms with van der Waals surface area (Å²) >= 11 is 3.29. The van der Waals surface area contributed by atoms with Gasteiger partial charge in [-0.25, -0.2) is 4.39 Å². The van der Waals surface area contributed by atoms with Gasteiger partial charge < -0.3 is 4.74 Å². The van der Waals surface area contributed by atoms with Crippen molar-refractivity contribution in [1.82, 2.24) is 0 Å². The van der Waals surface area contributed by atoms with Crippen molar-refractivity contribution in [3.63, 3.8) is 0 Å². The molecule has 0 aliphatic heterocycles. The van der Waals surface area contributed by atoms with E-state index in [9.17, 15) is 4.39 Å². The molecule has 0 bridgehead atoms. The van der Waals surface area contributed by atoms with Gasteiger partial charge in [-0.3, -0.25) is 0 Å². The fourth-order valence-corrected chi connectivity index (χ4v) is 1.25. The van der Waals surface area contributed by atoms with Gasteiger partial charge in [-0.1, -0.05) is 5.57 Å². The van der Waals surface area contributed by atoms with Gasteiger partial charge in [-0.15, -0.1) is 0 Å². The number of ether oxygens (including phenoxy) is 1. The van der Waals surface area contributed by atoms with E-state index in [-0.39, 0.29) is 5.82 Å². The van der Waals surface area contributed by atoms with Gasteiger partial charge in [0.1, 0.15) is 18.2 Å². The van der Waals surface area contributed by atoms with Gasteiger partial charge in [-0.2, -0.15) is 0 Å². The molecule has 0 saturated heterocycles. The molecule has 1 aromatic rings. The molecule has 0 atom stereocenters. The second-order valence-corrected chi connectivity index (χ2v) is 4.02. The van der Waals surface area contributed by atoms with Crippen LogP contribution in [0.3, 0.4) is 0 Å². The Morgan fingerprint density at radius 2 is 2.21 bits per heavy atom. The van der Waals surface area contributed by atoms with E-state index >= 15 is 0 Å². The van der Waals surface area contributed by atoms with Crippen LogP contribution in [0.4, 0.5) is 4.39 Å². The van der Waals surface area contributed by atoms with Crippen molar-refractivity contribution in [2.24, 2.45) is 0 Å².